The van der Waals surface area contributed by atoms with E-state index in [1.807, 2.05) is 0 Å². The first-order chi connectivity index (χ1) is 14.0. The highest BCUT2D eigenvalue weighted by atomic mass is 16.5. The number of fused-ring (bicyclic) bond motifs is 1. The lowest BCUT2D eigenvalue weighted by atomic mass is 9.92. The van der Waals surface area contributed by atoms with E-state index in [1.54, 1.807) is 13.1 Å². The molecule has 2 N–H and O–H groups in total. The Morgan fingerprint density at radius 1 is 1.31 bits per heavy atom. The van der Waals surface area contributed by atoms with Crippen LogP contribution in [0.2, 0.25) is 0 Å². The molecule has 0 unspecified atom stereocenters. The van der Waals surface area contributed by atoms with Gasteiger partial charge in [0, 0.05) is 30.6 Å². The number of carbonyl (C=O) groups is 1. The van der Waals surface area contributed by atoms with Crippen LogP contribution in [0.5, 0.6) is 0 Å². The standard InChI is InChI=1S/C22H30N4O3/c1-16-24-14-19(15-26(16)29)18(13-21(27)28)7-4-2-3-5-9-20-11-10-17-8-6-12-23-22(17)25-20/h10-11,14-15,18H,2-9,12-13H2,1H3,(H,23,25)(H,27,28)/t18-/m0/s1. The number of rotatable bonds is 10. The second-order valence-electron chi connectivity index (χ2n) is 7.85. The lowest BCUT2D eigenvalue weighted by Crippen LogP contribution is -2.32. The first-order valence-corrected chi connectivity index (χ1v) is 10.5. The van der Waals surface area contributed by atoms with Gasteiger partial charge in [-0.2, -0.15) is 0 Å². The Hall–Kier alpha value is -2.70. The van der Waals surface area contributed by atoms with Crippen LogP contribution in [0.4, 0.5) is 5.82 Å². The van der Waals surface area contributed by atoms with Gasteiger partial charge in [-0.1, -0.05) is 30.3 Å². The summed E-state index contributed by atoms with van der Waals surface area (Å²) in [6, 6.07) is 4.33. The van der Waals surface area contributed by atoms with Gasteiger partial charge in [-0.05, 0) is 43.7 Å². The Morgan fingerprint density at radius 3 is 2.93 bits per heavy atom. The van der Waals surface area contributed by atoms with Gasteiger partial charge < -0.3 is 15.6 Å². The van der Waals surface area contributed by atoms with Crippen LogP contribution in [0.25, 0.3) is 0 Å². The van der Waals surface area contributed by atoms with Crippen molar-refractivity contribution in [3.05, 3.63) is 52.4 Å². The van der Waals surface area contributed by atoms with Crippen molar-refractivity contribution >= 4 is 11.8 Å². The van der Waals surface area contributed by atoms with Crippen LogP contribution in [-0.4, -0.2) is 27.6 Å². The van der Waals surface area contributed by atoms with Crippen LogP contribution in [-0.2, 0) is 17.6 Å². The van der Waals surface area contributed by atoms with Crippen molar-refractivity contribution in [2.75, 3.05) is 11.9 Å². The third kappa shape index (κ3) is 6.14. The second-order valence-corrected chi connectivity index (χ2v) is 7.85. The Balaban J connectivity index is 1.43. The summed E-state index contributed by atoms with van der Waals surface area (Å²) < 4.78 is 0.713. The number of aliphatic carboxylic acids is 1. The number of pyridine rings is 1. The van der Waals surface area contributed by atoms with Gasteiger partial charge in [-0.3, -0.25) is 4.79 Å². The van der Waals surface area contributed by atoms with Crippen molar-refractivity contribution in [3.8, 4) is 0 Å². The lowest BCUT2D eigenvalue weighted by Gasteiger charge is -2.17. The minimum Gasteiger partial charge on any atom is -0.711 e. The molecule has 7 heteroatoms. The van der Waals surface area contributed by atoms with Crippen LogP contribution >= 0.6 is 0 Å². The van der Waals surface area contributed by atoms with E-state index in [0.717, 1.165) is 63.0 Å². The van der Waals surface area contributed by atoms with Gasteiger partial charge >= 0.3 is 5.97 Å². The number of carboxylic acid groups (broad SMARTS) is 1. The zero-order valence-electron chi connectivity index (χ0n) is 17.1. The van der Waals surface area contributed by atoms with Gasteiger partial charge in [0.25, 0.3) is 5.82 Å². The predicted molar refractivity (Wildman–Crippen MR) is 111 cm³/mol. The summed E-state index contributed by atoms with van der Waals surface area (Å²) >= 11 is 0. The van der Waals surface area contributed by atoms with Gasteiger partial charge in [-0.25, -0.2) is 9.71 Å². The third-order valence-electron chi connectivity index (χ3n) is 5.57. The van der Waals surface area contributed by atoms with Gasteiger partial charge in [0.05, 0.1) is 6.42 Å². The van der Waals surface area contributed by atoms with E-state index >= 15 is 0 Å². The van der Waals surface area contributed by atoms with Crippen molar-refractivity contribution in [3.63, 3.8) is 0 Å². The average Bonchev–Trinajstić information content (AvgIpc) is 2.71. The monoisotopic (exact) mass is 398 g/mol. The number of hydrogen-bond acceptors (Lipinski definition) is 5. The largest absolute Gasteiger partial charge is 0.711 e. The Bertz CT molecular complexity index is 841. The molecule has 0 aromatic carbocycles. The normalized spacial score (nSPS) is 14.1. The molecule has 3 heterocycles. The molecule has 2 aromatic rings. The molecule has 156 valence electrons. The zero-order valence-corrected chi connectivity index (χ0v) is 17.1. The summed E-state index contributed by atoms with van der Waals surface area (Å²) in [4.78, 5) is 20.0. The van der Waals surface area contributed by atoms with Gasteiger partial charge in [0.15, 0.2) is 0 Å². The fraction of sp³-hybridized carbons (Fsp3) is 0.545. The minimum atomic E-state index is -0.847. The van der Waals surface area contributed by atoms with E-state index in [4.69, 9.17) is 4.98 Å². The van der Waals surface area contributed by atoms with Crippen molar-refractivity contribution < 1.29 is 14.6 Å². The third-order valence-corrected chi connectivity index (χ3v) is 5.57. The number of carboxylic acids is 1. The molecule has 1 aliphatic rings. The highest BCUT2D eigenvalue weighted by molar-refractivity contribution is 5.67. The number of anilines is 1. The van der Waals surface area contributed by atoms with E-state index in [2.05, 4.69) is 22.4 Å². The summed E-state index contributed by atoms with van der Waals surface area (Å²) in [6.45, 7) is 2.64. The molecule has 3 rings (SSSR count). The molecule has 1 atom stereocenters. The van der Waals surface area contributed by atoms with Gasteiger partial charge in [-0.15, -0.1) is 0 Å². The molecule has 2 aromatic heterocycles. The molecule has 0 fully saturated rings. The van der Waals surface area contributed by atoms with E-state index in [1.165, 1.54) is 18.2 Å². The van der Waals surface area contributed by atoms with Crippen molar-refractivity contribution in [2.45, 2.75) is 70.6 Å². The quantitative estimate of drug-likeness (QED) is 0.361. The summed E-state index contributed by atoms with van der Waals surface area (Å²) in [6.07, 6.45) is 11.2. The molecule has 0 radical (unpaired) electrons. The smallest absolute Gasteiger partial charge is 0.303 e. The molecule has 1 aliphatic heterocycles. The summed E-state index contributed by atoms with van der Waals surface area (Å²) in [5.74, 6) is 0.399. The zero-order chi connectivity index (χ0) is 20.6. The summed E-state index contributed by atoms with van der Waals surface area (Å²) in [5.41, 5.74) is 3.15. The molecule has 0 saturated heterocycles. The summed E-state index contributed by atoms with van der Waals surface area (Å²) in [5, 5.41) is 24.3. The molecule has 0 spiro atoms. The predicted octanol–water partition coefficient (Wildman–Crippen LogP) is 3.53. The van der Waals surface area contributed by atoms with E-state index < -0.39 is 5.97 Å². The maximum Gasteiger partial charge on any atom is 0.303 e. The van der Waals surface area contributed by atoms with E-state index in [-0.39, 0.29) is 12.3 Å². The average molecular weight is 399 g/mol. The maximum absolute atomic E-state index is 11.8. The number of aryl methyl sites for hydroxylation is 3. The van der Waals surface area contributed by atoms with E-state index in [0.29, 0.717) is 16.1 Å². The number of nitrogens with one attached hydrogen (secondary N) is 1. The Labute approximate surface area is 171 Å². The minimum absolute atomic E-state index is 0.0246. The number of aromatic nitrogens is 3. The Morgan fingerprint density at radius 2 is 2.14 bits per heavy atom. The lowest BCUT2D eigenvalue weighted by molar-refractivity contribution is -0.616. The topological polar surface area (TPSA) is 102 Å². The second kappa shape index (κ2) is 10.2. The fourth-order valence-electron chi connectivity index (χ4n) is 3.85. The molecule has 0 saturated carbocycles. The maximum atomic E-state index is 11.8. The van der Waals surface area contributed by atoms with Crippen LogP contribution in [0, 0.1) is 12.1 Å². The molecule has 0 bridgehead atoms. The number of nitrogens with zero attached hydrogens (tertiary/aromatic N) is 3. The molecule has 29 heavy (non-hydrogen) atoms. The van der Waals surface area contributed by atoms with Gasteiger partial charge in [0.2, 0.25) is 0 Å². The molecule has 0 aliphatic carbocycles. The van der Waals surface area contributed by atoms with E-state index in [9.17, 15) is 15.1 Å². The van der Waals surface area contributed by atoms with Crippen LogP contribution in [0.3, 0.4) is 0 Å². The number of unbranched alkanes of at least 4 members (excludes halogenated alkanes) is 3. The van der Waals surface area contributed by atoms with Crippen LogP contribution in [0.15, 0.2) is 24.5 Å². The molecular formula is C22H30N4O3. The molecule has 0 amide bonds. The van der Waals surface area contributed by atoms with Crippen LogP contribution < -0.4 is 10.0 Å². The highest BCUT2D eigenvalue weighted by Gasteiger charge is 2.19. The highest BCUT2D eigenvalue weighted by Crippen LogP contribution is 2.25. The van der Waals surface area contributed by atoms with Crippen molar-refractivity contribution in [1.82, 2.24) is 9.97 Å². The first-order valence-electron chi connectivity index (χ1n) is 10.5. The van der Waals surface area contributed by atoms with Crippen molar-refractivity contribution in [1.29, 1.82) is 0 Å². The summed E-state index contributed by atoms with van der Waals surface area (Å²) in [7, 11) is 0. The van der Waals surface area contributed by atoms with Crippen LogP contribution in [0.1, 0.15) is 73.5 Å². The first kappa shape index (κ1) is 21.0. The Kier molecular flexibility index (Phi) is 7.38. The fourth-order valence-corrected chi connectivity index (χ4v) is 3.85. The van der Waals surface area contributed by atoms with Gasteiger partial charge in [0.1, 0.15) is 18.2 Å². The number of hydrogen-bond donors (Lipinski definition) is 2. The molecule has 7 nitrogen and oxygen atoms in total. The van der Waals surface area contributed by atoms with Crippen molar-refractivity contribution in [2.24, 2.45) is 0 Å². The molecular weight excluding hydrogens is 368 g/mol. The SMILES string of the molecule is Cc1ncc([C@@H](CCCCCCc2ccc3c(n2)NCCC3)CC(=O)O)c[n+]1[O-].